The van der Waals surface area contributed by atoms with Crippen molar-refractivity contribution >= 4 is 0 Å². The first-order valence-electron chi connectivity index (χ1n) is 6.24. The molecular formula is C12H21N3O. The number of aromatic nitrogens is 2. The Labute approximate surface area is 96.8 Å². The molecule has 0 amide bonds. The van der Waals surface area contributed by atoms with Crippen molar-refractivity contribution in [3.8, 4) is 0 Å². The fourth-order valence-electron chi connectivity index (χ4n) is 2.52. The first-order valence-corrected chi connectivity index (χ1v) is 6.24. The third-order valence-electron chi connectivity index (χ3n) is 3.61. The van der Waals surface area contributed by atoms with Gasteiger partial charge in [0.1, 0.15) is 0 Å². The molecule has 16 heavy (non-hydrogen) atoms. The minimum absolute atomic E-state index is 0.625. The van der Waals surface area contributed by atoms with Gasteiger partial charge in [0.15, 0.2) is 5.82 Å². The second-order valence-corrected chi connectivity index (χ2v) is 5.10. The van der Waals surface area contributed by atoms with Gasteiger partial charge in [0.25, 0.3) is 0 Å². The van der Waals surface area contributed by atoms with E-state index in [4.69, 9.17) is 4.52 Å². The van der Waals surface area contributed by atoms with Crippen molar-refractivity contribution in [3.05, 3.63) is 12.2 Å². The highest BCUT2D eigenvalue weighted by atomic mass is 16.5. The zero-order valence-electron chi connectivity index (χ0n) is 10.1. The SMILES string of the molecule is CC(C)C1CCCC(NCc2ncon2)C1. The van der Waals surface area contributed by atoms with Gasteiger partial charge in [0, 0.05) is 6.04 Å². The van der Waals surface area contributed by atoms with Crippen LogP contribution in [-0.4, -0.2) is 16.2 Å². The number of rotatable bonds is 4. The number of hydrogen-bond acceptors (Lipinski definition) is 4. The Balaban J connectivity index is 1.77. The summed E-state index contributed by atoms with van der Waals surface area (Å²) < 4.78 is 4.71. The molecule has 1 saturated carbocycles. The van der Waals surface area contributed by atoms with Crippen LogP contribution >= 0.6 is 0 Å². The highest BCUT2D eigenvalue weighted by Gasteiger charge is 2.23. The van der Waals surface area contributed by atoms with Crippen LogP contribution in [0.15, 0.2) is 10.9 Å². The molecule has 0 aromatic carbocycles. The van der Waals surface area contributed by atoms with E-state index in [1.54, 1.807) is 0 Å². The summed E-state index contributed by atoms with van der Waals surface area (Å²) in [5, 5.41) is 7.33. The molecule has 2 unspecified atom stereocenters. The van der Waals surface area contributed by atoms with E-state index in [0.717, 1.165) is 24.2 Å². The van der Waals surface area contributed by atoms with Gasteiger partial charge >= 0.3 is 0 Å². The van der Waals surface area contributed by atoms with E-state index in [-0.39, 0.29) is 0 Å². The van der Waals surface area contributed by atoms with Crippen LogP contribution in [0.25, 0.3) is 0 Å². The first-order chi connectivity index (χ1) is 7.75. The predicted octanol–water partition coefficient (Wildman–Crippen LogP) is 2.37. The van der Waals surface area contributed by atoms with Crippen LogP contribution in [0.1, 0.15) is 45.4 Å². The van der Waals surface area contributed by atoms with E-state index in [2.05, 4.69) is 29.3 Å². The Morgan fingerprint density at radius 3 is 3.06 bits per heavy atom. The summed E-state index contributed by atoms with van der Waals surface area (Å²) in [5.74, 6) is 2.43. The van der Waals surface area contributed by atoms with Crippen LogP contribution in [-0.2, 0) is 6.54 Å². The van der Waals surface area contributed by atoms with E-state index in [1.165, 1.54) is 32.1 Å². The van der Waals surface area contributed by atoms with Crippen LogP contribution < -0.4 is 5.32 Å². The Bertz CT molecular complexity index is 297. The summed E-state index contributed by atoms with van der Waals surface area (Å²) in [5.41, 5.74) is 0. The second kappa shape index (κ2) is 5.43. The molecule has 2 atom stereocenters. The maximum absolute atomic E-state index is 4.71. The van der Waals surface area contributed by atoms with Crippen LogP contribution in [0.5, 0.6) is 0 Å². The predicted molar refractivity (Wildman–Crippen MR) is 61.7 cm³/mol. The van der Waals surface area contributed by atoms with Crippen LogP contribution in [0.3, 0.4) is 0 Å². The lowest BCUT2D eigenvalue weighted by Gasteiger charge is -2.31. The molecule has 0 spiro atoms. The van der Waals surface area contributed by atoms with Gasteiger partial charge in [0.2, 0.25) is 6.39 Å². The van der Waals surface area contributed by atoms with Crippen molar-refractivity contribution in [2.24, 2.45) is 11.8 Å². The topological polar surface area (TPSA) is 51.0 Å². The Hall–Kier alpha value is -0.900. The summed E-state index contributed by atoms with van der Waals surface area (Å²) in [4.78, 5) is 4.01. The largest absolute Gasteiger partial charge is 0.343 e. The minimum atomic E-state index is 0.625. The highest BCUT2D eigenvalue weighted by molar-refractivity contribution is 4.83. The van der Waals surface area contributed by atoms with Crippen molar-refractivity contribution in [1.82, 2.24) is 15.5 Å². The molecular weight excluding hydrogens is 202 g/mol. The van der Waals surface area contributed by atoms with E-state index < -0.39 is 0 Å². The molecule has 1 aromatic heterocycles. The van der Waals surface area contributed by atoms with Crippen molar-refractivity contribution in [1.29, 1.82) is 0 Å². The summed E-state index contributed by atoms with van der Waals surface area (Å²) in [7, 11) is 0. The van der Waals surface area contributed by atoms with E-state index in [0.29, 0.717) is 6.04 Å². The van der Waals surface area contributed by atoms with Gasteiger partial charge < -0.3 is 9.84 Å². The third-order valence-corrected chi connectivity index (χ3v) is 3.61. The molecule has 0 aliphatic heterocycles. The van der Waals surface area contributed by atoms with E-state index in [9.17, 15) is 0 Å². The molecule has 1 heterocycles. The van der Waals surface area contributed by atoms with Gasteiger partial charge in [0.05, 0.1) is 6.54 Å². The highest BCUT2D eigenvalue weighted by Crippen LogP contribution is 2.29. The summed E-state index contributed by atoms with van der Waals surface area (Å²) in [6.45, 7) is 5.38. The van der Waals surface area contributed by atoms with Crippen LogP contribution in [0.2, 0.25) is 0 Å². The monoisotopic (exact) mass is 223 g/mol. The smallest absolute Gasteiger partial charge is 0.213 e. The standard InChI is InChI=1S/C12H21N3O/c1-9(2)10-4-3-5-11(6-10)13-7-12-14-8-16-15-12/h8-11,13H,3-7H2,1-2H3. The fourth-order valence-corrected chi connectivity index (χ4v) is 2.52. The van der Waals surface area contributed by atoms with E-state index in [1.807, 2.05) is 0 Å². The number of nitrogens with one attached hydrogen (secondary N) is 1. The molecule has 1 aromatic rings. The zero-order valence-corrected chi connectivity index (χ0v) is 10.1. The van der Waals surface area contributed by atoms with E-state index >= 15 is 0 Å². The van der Waals surface area contributed by atoms with Crippen molar-refractivity contribution in [3.63, 3.8) is 0 Å². The maximum atomic E-state index is 4.71. The average molecular weight is 223 g/mol. The van der Waals surface area contributed by atoms with Gasteiger partial charge in [-0.3, -0.25) is 0 Å². The zero-order chi connectivity index (χ0) is 11.4. The van der Waals surface area contributed by atoms with Gasteiger partial charge in [-0.1, -0.05) is 31.8 Å². The number of hydrogen-bond donors (Lipinski definition) is 1. The normalized spacial score (nSPS) is 26.2. The maximum Gasteiger partial charge on any atom is 0.213 e. The lowest BCUT2D eigenvalue weighted by atomic mass is 9.79. The van der Waals surface area contributed by atoms with Gasteiger partial charge in [-0.2, -0.15) is 4.98 Å². The Kier molecular flexibility index (Phi) is 3.93. The van der Waals surface area contributed by atoms with Gasteiger partial charge in [-0.05, 0) is 24.7 Å². The average Bonchev–Trinajstić information content (AvgIpc) is 2.79. The lowest BCUT2D eigenvalue weighted by molar-refractivity contribution is 0.229. The quantitative estimate of drug-likeness (QED) is 0.851. The summed E-state index contributed by atoms with van der Waals surface area (Å²) in [6, 6.07) is 0.625. The molecule has 90 valence electrons. The van der Waals surface area contributed by atoms with Gasteiger partial charge in [-0.25, -0.2) is 0 Å². The molecule has 1 fully saturated rings. The second-order valence-electron chi connectivity index (χ2n) is 5.10. The number of nitrogens with zero attached hydrogens (tertiary/aromatic N) is 2. The van der Waals surface area contributed by atoms with Crippen molar-refractivity contribution < 1.29 is 4.52 Å². The Morgan fingerprint density at radius 1 is 1.50 bits per heavy atom. The molecule has 2 rings (SSSR count). The molecule has 1 N–H and O–H groups in total. The third kappa shape index (κ3) is 3.04. The van der Waals surface area contributed by atoms with Crippen molar-refractivity contribution in [2.75, 3.05) is 0 Å². The fraction of sp³-hybridized carbons (Fsp3) is 0.833. The molecule has 0 radical (unpaired) electrons. The molecule has 1 aliphatic rings. The first kappa shape index (κ1) is 11.6. The van der Waals surface area contributed by atoms with Crippen molar-refractivity contribution in [2.45, 2.75) is 52.1 Å². The van der Waals surface area contributed by atoms with Crippen LogP contribution in [0.4, 0.5) is 0 Å². The van der Waals surface area contributed by atoms with Crippen LogP contribution in [0, 0.1) is 11.8 Å². The lowest BCUT2D eigenvalue weighted by Crippen LogP contribution is -2.35. The molecule has 1 aliphatic carbocycles. The minimum Gasteiger partial charge on any atom is -0.343 e. The Morgan fingerprint density at radius 2 is 2.38 bits per heavy atom. The molecule has 4 heteroatoms. The molecule has 4 nitrogen and oxygen atoms in total. The van der Waals surface area contributed by atoms with Gasteiger partial charge in [-0.15, -0.1) is 0 Å². The summed E-state index contributed by atoms with van der Waals surface area (Å²) in [6.07, 6.45) is 6.68. The molecule has 0 saturated heterocycles. The molecule has 0 bridgehead atoms. The summed E-state index contributed by atoms with van der Waals surface area (Å²) >= 11 is 0.